The largest absolute Gasteiger partial charge is 0.332 e. The van der Waals surface area contributed by atoms with Crippen molar-refractivity contribution in [3.8, 4) is 0 Å². The molecule has 1 unspecified atom stereocenters. The van der Waals surface area contributed by atoms with E-state index in [1.54, 1.807) is 6.07 Å². The van der Waals surface area contributed by atoms with Crippen LogP contribution < -0.4 is 10.6 Å². The minimum Gasteiger partial charge on any atom is -0.332 e. The number of benzene rings is 2. The van der Waals surface area contributed by atoms with Crippen molar-refractivity contribution in [2.75, 3.05) is 5.32 Å². The van der Waals surface area contributed by atoms with Crippen molar-refractivity contribution in [1.29, 1.82) is 0 Å². The van der Waals surface area contributed by atoms with Crippen LogP contribution in [-0.4, -0.2) is 11.0 Å². The van der Waals surface area contributed by atoms with Gasteiger partial charge in [0.15, 0.2) is 5.11 Å². The highest BCUT2D eigenvalue weighted by molar-refractivity contribution is 7.80. The monoisotopic (exact) mass is 326 g/mol. The zero-order chi connectivity index (χ0) is 16.8. The molecule has 0 bridgehead atoms. The molecule has 3 nitrogen and oxygen atoms in total. The lowest BCUT2D eigenvalue weighted by Crippen LogP contribution is -2.34. The second-order valence-electron chi connectivity index (χ2n) is 5.62. The third-order valence-electron chi connectivity index (χ3n) is 3.97. The van der Waals surface area contributed by atoms with Crippen LogP contribution in [-0.2, 0) is 0 Å². The van der Waals surface area contributed by atoms with Crippen molar-refractivity contribution >= 4 is 28.9 Å². The number of aryl methyl sites for hydroxylation is 1. The molecule has 0 radical (unpaired) electrons. The van der Waals surface area contributed by atoms with Crippen LogP contribution in [0.4, 0.5) is 5.69 Å². The summed E-state index contributed by atoms with van der Waals surface area (Å²) < 4.78 is 0. The Bertz CT molecular complexity index is 712. The van der Waals surface area contributed by atoms with Crippen molar-refractivity contribution in [3.63, 3.8) is 0 Å². The molecule has 2 N–H and O–H groups in total. The van der Waals surface area contributed by atoms with E-state index in [0.29, 0.717) is 16.6 Å². The second-order valence-corrected chi connectivity index (χ2v) is 6.03. The van der Waals surface area contributed by atoms with Crippen molar-refractivity contribution in [2.45, 2.75) is 33.1 Å². The normalized spacial score (nSPS) is 11.6. The van der Waals surface area contributed by atoms with E-state index in [9.17, 15) is 4.79 Å². The van der Waals surface area contributed by atoms with Gasteiger partial charge in [-0.3, -0.25) is 10.1 Å². The molecule has 2 aromatic rings. The molecule has 0 heterocycles. The molecule has 2 rings (SSSR count). The molecule has 1 amide bonds. The Kier molecular flexibility index (Phi) is 5.88. The Morgan fingerprint density at radius 2 is 1.78 bits per heavy atom. The number of carbonyl (C=O) groups is 1. The smallest absolute Gasteiger partial charge is 0.257 e. The number of nitrogens with one attached hydrogen (secondary N) is 2. The third-order valence-corrected chi connectivity index (χ3v) is 4.17. The average Bonchev–Trinajstić information content (AvgIpc) is 2.54. The lowest BCUT2D eigenvalue weighted by molar-refractivity contribution is 0.0977. The van der Waals surface area contributed by atoms with Crippen LogP contribution >= 0.6 is 12.2 Å². The van der Waals surface area contributed by atoms with Gasteiger partial charge >= 0.3 is 0 Å². The summed E-state index contributed by atoms with van der Waals surface area (Å²) in [5, 5.41) is 6.21. The van der Waals surface area contributed by atoms with Crippen molar-refractivity contribution in [3.05, 3.63) is 65.2 Å². The molecule has 2 aromatic carbocycles. The first-order valence-electron chi connectivity index (χ1n) is 7.79. The minimum atomic E-state index is -0.193. The highest BCUT2D eigenvalue weighted by Crippen LogP contribution is 2.26. The topological polar surface area (TPSA) is 41.1 Å². The van der Waals surface area contributed by atoms with Gasteiger partial charge < -0.3 is 5.32 Å². The Balaban J connectivity index is 2.09. The lowest BCUT2D eigenvalue weighted by Gasteiger charge is -2.17. The number of rotatable bonds is 4. The van der Waals surface area contributed by atoms with Crippen molar-refractivity contribution in [1.82, 2.24) is 5.32 Å². The summed E-state index contributed by atoms with van der Waals surface area (Å²) >= 11 is 5.29. The summed E-state index contributed by atoms with van der Waals surface area (Å²) in [6.45, 7) is 6.23. The van der Waals surface area contributed by atoms with Gasteiger partial charge in [0.25, 0.3) is 5.91 Å². The van der Waals surface area contributed by atoms with E-state index in [0.717, 1.165) is 17.7 Å². The predicted octanol–water partition coefficient (Wildman–Crippen LogP) is 4.64. The molecular weight excluding hydrogens is 304 g/mol. The fourth-order valence-corrected chi connectivity index (χ4v) is 2.61. The van der Waals surface area contributed by atoms with Crippen molar-refractivity contribution in [2.24, 2.45) is 0 Å². The van der Waals surface area contributed by atoms with E-state index in [4.69, 9.17) is 12.2 Å². The van der Waals surface area contributed by atoms with Gasteiger partial charge in [0, 0.05) is 11.3 Å². The van der Waals surface area contributed by atoms with Crippen LogP contribution in [0.1, 0.15) is 47.7 Å². The van der Waals surface area contributed by atoms with Gasteiger partial charge in [0.2, 0.25) is 0 Å². The second kappa shape index (κ2) is 7.88. The van der Waals surface area contributed by atoms with Gasteiger partial charge in [-0.2, -0.15) is 0 Å². The van der Waals surface area contributed by atoms with Gasteiger partial charge in [0.1, 0.15) is 0 Å². The fourth-order valence-electron chi connectivity index (χ4n) is 2.41. The van der Waals surface area contributed by atoms with Crippen LogP contribution in [0.15, 0.2) is 48.5 Å². The fraction of sp³-hybridized carbons (Fsp3) is 0.263. The molecule has 0 saturated heterocycles. The summed E-state index contributed by atoms with van der Waals surface area (Å²) in [6, 6.07) is 15.5. The summed E-state index contributed by atoms with van der Waals surface area (Å²) in [5.41, 5.74) is 3.69. The van der Waals surface area contributed by atoms with Crippen LogP contribution in [0, 0.1) is 6.92 Å². The quantitative estimate of drug-likeness (QED) is 0.805. The van der Waals surface area contributed by atoms with Crippen molar-refractivity contribution < 1.29 is 4.79 Å². The summed E-state index contributed by atoms with van der Waals surface area (Å²) in [6.07, 6.45) is 1.04. The molecule has 0 saturated carbocycles. The van der Waals surface area contributed by atoms with E-state index >= 15 is 0 Å². The number of para-hydroxylation sites is 1. The van der Waals surface area contributed by atoms with Gasteiger partial charge in [-0.05, 0) is 54.7 Å². The van der Waals surface area contributed by atoms with Crippen LogP contribution in [0.25, 0.3) is 0 Å². The Morgan fingerprint density at radius 1 is 1.13 bits per heavy atom. The molecule has 0 aliphatic carbocycles. The Hall–Kier alpha value is -2.20. The van der Waals surface area contributed by atoms with Gasteiger partial charge in [-0.15, -0.1) is 0 Å². The number of hydrogen-bond donors (Lipinski definition) is 2. The highest BCUT2D eigenvalue weighted by Gasteiger charge is 2.12. The van der Waals surface area contributed by atoms with Gasteiger partial charge in [0.05, 0.1) is 0 Å². The zero-order valence-electron chi connectivity index (χ0n) is 13.7. The molecule has 4 heteroatoms. The highest BCUT2D eigenvalue weighted by atomic mass is 32.1. The first kappa shape index (κ1) is 17.2. The van der Waals surface area contributed by atoms with Crippen LogP contribution in [0.5, 0.6) is 0 Å². The van der Waals surface area contributed by atoms with E-state index in [1.165, 1.54) is 5.56 Å². The van der Waals surface area contributed by atoms with E-state index in [2.05, 4.69) is 30.5 Å². The van der Waals surface area contributed by atoms with Gasteiger partial charge in [-0.25, -0.2) is 0 Å². The molecule has 0 spiro atoms. The molecule has 0 fully saturated rings. The van der Waals surface area contributed by atoms with E-state index in [-0.39, 0.29) is 5.91 Å². The molecule has 0 aromatic heterocycles. The van der Waals surface area contributed by atoms with Crippen LogP contribution in [0.3, 0.4) is 0 Å². The number of amides is 1. The molecule has 23 heavy (non-hydrogen) atoms. The SMILES string of the molecule is CCC(C)c1ccccc1NC(=S)NC(=O)c1ccccc1C. The maximum atomic E-state index is 12.3. The third kappa shape index (κ3) is 4.39. The molecular formula is C19H22N2OS. The number of anilines is 1. The minimum absolute atomic E-state index is 0.193. The first-order chi connectivity index (χ1) is 11.0. The van der Waals surface area contributed by atoms with E-state index in [1.807, 2.05) is 43.3 Å². The number of hydrogen-bond acceptors (Lipinski definition) is 2. The number of carbonyl (C=O) groups excluding carboxylic acids is 1. The Labute approximate surface area is 143 Å². The Morgan fingerprint density at radius 3 is 2.48 bits per heavy atom. The summed E-state index contributed by atoms with van der Waals surface area (Å²) in [7, 11) is 0. The van der Waals surface area contributed by atoms with Crippen LogP contribution in [0.2, 0.25) is 0 Å². The summed E-state index contributed by atoms with van der Waals surface area (Å²) in [4.78, 5) is 12.3. The lowest BCUT2D eigenvalue weighted by atomic mass is 9.97. The average molecular weight is 326 g/mol. The maximum Gasteiger partial charge on any atom is 0.257 e. The zero-order valence-corrected chi connectivity index (χ0v) is 14.5. The first-order valence-corrected chi connectivity index (χ1v) is 8.20. The van der Waals surface area contributed by atoms with Gasteiger partial charge in [-0.1, -0.05) is 50.2 Å². The molecule has 120 valence electrons. The number of thiocarbonyl (C=S) groups is 1. The standard InChI is InChI=1S/C19H22N2OS/c1-4-13(2)15-10-7-8-12-17(15)20-19(23)21-18(22)16-11-6-5-9-14(16)3/h5-13H,4H2,1-3H3,(H2,20,21,22,23). The molecule has 1 atom stereocenters. The summed E-state index contributed by atoms with van der Waals surface area (Å²) in [5.74, 6) is 0.232. The van der Waals surface area contributed by atoms with E-state index < -0.39 is 0 Å². The molecule has 0 aliphatic heterocycles. The maximum absolute atomic E-state index is 12.3. The molecule has 0 aliphatic rings. The predicted molar refractivity (Wildman–Crippen MR) is 100 cm³/mol.